The molecular formula is C12H16OS. The van der Waals surface area contributed by atoms with Crippen LogP contribution < -0.4 is 0 Å². The number of hydrogen-bond acceptors (Lipinski definition) is 2. The van der Waals surface area contributed by atoms with Crippen molar-refractivity contribution in [3.8, 4) is 0 Å². The Labute approximate surface area is 89.9 Å². The fourth-order valence-corrected chi connectivity index (χ4v) is 2.78. The predicted molar refractivity (Wildman–Crippen MR) is 61.6 cm³/mol. The minimum atomic E-state index is 0.712. The molecule has 1 fully saturated rings. The van der Waals surface area contributed by atoms with Gasteiger partial charge in [0.25, 0.3) is 0 Å². The van der Waals surface area contributed by atoms with Gasteiger partial charge in [0.2, 0.25) is 0 Å². The lowest BCUT2D eigenvalue weighted by Crippen LogP contribution is -2.19. The fourth-order valence-electron chi connectivity index (χ4n) is 1.63. The molecule has 1 aromatic carbocycles. The monoisotopic (exact) mass is 208 g/mol. The third-order valence-corrected chi connectivity index (χ3v) is 3.79. The summed E-state index contributed by atoms with van der Waals surface area (Å²) < 4.78 is 5.45. The average Bonchev–Trinajstić information content (AvgIpc) is 2.29. The van der Waals surface area contributed by atoms with Crippen molar-refractivity contribution >= 4 is 11.8 Å². The van der Waals surface area contributed by atoms with Crippen molar-refractivity contribution in [1.82, 2.24) is 0 Å². The number of benzene rings is 1. The first kappa shape index (κ1) is 10.1. The Balaban J connectivity index is 1.76. The Morgan fingerprint density at radius 3 is 2.86 bits per heavy atom. The lowest BCUT2D eigenvalue weighted by atomic mass is 10.2. The molecule has 1 atom stereocenters. The zero-order valence-corrected chi connectivity index (χ0v) is 9.13. The topological polar surface area (TPSA) is 9.23 Å². The maximum Gasteiger partial charge on any atom is 0.0585 e. The van der Waals surface area contributed by atoms with Crippen LogP contribution in [-0.2, 0) is 10.5 Å². The van der Waals surface area contributed by atoms with E-state index < -0.39 is 0 Å². The number of hydrogen-bond donors (Lipinski definition) is 0. The van der Waals surface area contributed by atoms with E-state index in [-0.39, 0.29) is 0 Å². The smallest absolute Gasteiger partial charge is 0.0585 e. The van der Waals surface area contributed by atoms with Gasteiger partial charge in [-0.3, -0.25) is 0 Å². The first-order chi connectivity index (χ1) is 6.95. The number of thioether (sulfide) groups is 1. The van der Waals surface area contributed by atoms with Gasteiger partial charge in [-0.1, -0.05) is 30.3 Å². The standard InChI is InChI=1S/C12H16OS/c1-2-5-11(6-3-1)10-14-12-7-4-8-13-9-12/h1-3,5-6,12H,4,7-10H2/t12-/m0/s1. The zero-order chi connectivity index (χ0) is 9.64. The molecule has 2 rings (SSSR count). The van der Waals surface area contributed by atoms with Gasteiger partial charge in [-0.05, 0) is 18.4 Å². The molecule has 14 heavy (non-hydrogen) atoms. The summed E-state index contributed by atoms with van der Waals surface area (Å²) >= 11 is 2.03. The van der Waals surface area contributed by atoms with Crippen LogP contribution in [0.2, 0.25) is 0 Å². The highest BCUT2D eigenvalue weighted by atomic mass is 32.2. The second-order valence-electron chi connectivity index (χ2n) is 3.64. The van der Waals surface area contributed by atoms with Gasteiger partial charge in [-0.15, -0.1) is 0 Å². The van der Waals surface area contributed by atoms with E-state index in [9.17, 15) is 0 Å². The van der Waals surface area contributed by atoms with Crippen LogP contribution in [0.3, 0.4) is 0 Å². The molecule has 76 valence electrons. The molecule has 0 amide bonds. The summed E-state index contributed by atoms with van der Waals surface area (Å²) in [6.07, 6.45) is 2.55. The van der Waals surface area contributed by atoms with Gasteiger partial charge in [0.05, 0.1) is 6.61 Å². The molecule has 0 bridgehead atoms. The van der Waals surface area contributed by atoms with Gasteiger partial charge in [0.1, 0.15) is 0 Å². The molecule has 0 N–H and O–H groups in total. The molecule has 0 aliphatic carbocycles. The van der Waals surface area contributed by atoms with Crippen molar-refractivity contribution in [2.75, 3.05) is 13.2 Å². The van der Waals surface area contributed by atoms with Crippen molar-refractivity contribution in [1.29, 1.82) is 0 Å². The Bertz CT molecular complexity index is 254. The molecule has 0 saturated carbocycles. The van der Waals surface area contributed by atoms with Crippen LogP contribution in [0.25, 0.3) is 0 Å². The van der Waals surface area contributed by atoms with Crippen LogP contribution in [0, 0.1) is 0 Å². The zero-order valence-electron chi connectivity index (χ0n) is 8.32. The van der Waals surface area contributed by atoms with Crippen LogP contribution in [0.4, 0.5) is 0 Å². The summed E-state index contributed by atoms with van der Waals surface area (Å²) in [5, 5.41) is 0.712. The second kappa shape index (κ2) is 5.42. The van der Waals surface area contributed by atoms with E-state index in [1.165, 1.54) is 18.4 Å². The molecule has 0 unspecified atom stereocenters. The highest BCUT2D eigenvalue weighted by Gasteiger charge is 2.13. The summed E-state index contributed by atoms with van der Waals surface area (Å²) in [6, 6.07) is 10.7. The number of ether oxygens (including phenoxy) is 1. The highest BCUT2D eigenvalue weighted by molar-refractivity contribution is 7.99. The van der Waals surface area contributed by atoms with Crippen molar-refractivity contribution in [2.45, 2.75) is 23.8 Å². The lowest BCUT2D eigenvalue weighted by molar-refractivity contribution is 0.101. The molecule has 1 aliphatic rings. The number of rotatable bonds is 3. The SMILES string of the molecule is c1ccc(CS[C@H]2CCCOC2)cc1. The Kier molecular flexibility index (Phi) is 3.90. The van der Waals surface area contributed by atoms with Gasteiger partial charge in [-0.2, -0.15) is 11.8 Å². The Morgan fingerprint density at radius 2 is 2.14 bits per heavy atom. The predicted octanol–water partition coefficient (Wildman–Crippen LogP) is 3.10. The summed E-state index contributed by atoms with van der Waals surface area (Å²) in [6.45, 7) is 1.90. The van der Waals surface area contributed by atoms with E-state index in [1.807, 2.05) is 11.8 Å². The summed E-state index contributed by atoms with van der Waals surface area (Å²) in [7, 11) is 0. The van der Waals surface area contributed by atoms with Gasteiger partial charge in [-0.25, -0.2) is 0 Å². The largest absolute Gasteiger partial charge is 0.380 e. The molecular weight excluding hydrogens is 192 g/mol. The molecule has 0 radical (unpaired) electrons. The normalized spacial score (nSPS) is 22.1. The molecule has 1 aromatic rings. The van der Waals surface area contributed by atoms with Crippen LogP contribution in [0.5, 0.6) is 0 Å². The van der Waals surface area contributed by atoms with E-state index >= 15 is 0 Å². The minimum Gasteiger partial charge on any atom is -0.380 e. The van der Waals surface area contributed by atoms with E-state index in [1.54, 1.807) is 0 Å². The van der Waals surface area contributed by atoms with Crippen molar-refractivity contribution in [2.24, 2.45) is 0 Å². The average molecular weight is 208 g/mol. The first-order valence-electron chi connectivity index (χ1n) is 5.18. The van der Waals surface area contributed by atoms with Gasteiger partial charge < -0.3 is 4.74 Å². The van der Waals surface area contributed by atoms with Crippen molar-refractivity contribution in [3.05, 3.63) is 35.9 Å². The van der Waals surface area contributed by atoms with Crippen molar-refractivity contribution in [3.63, 3.8) is 0 Å². The fraction of sp³-hybridized carbons (Fsp3) is 0.500. The van der Waals surface area contributed by atoms with Gasteiger partial charge in [0, 0.05) is 17.6 Å². The highest BCUT2D eigenvalue weighted by Crippen LogP contribution is 2.24. The van der Waals surface area contributed by atoms with Crippen LogP contribution in [0.15, 0.2) is 30.3 Å². The quantitative estimate of drug-likeness (QED) is 0.755. The second-order valence-corrected chi connectivity index (χ2v) is 4.92. The van der Waals surface area contributed by atoms with E-state index in [0.717, 1.165) is 19.0 Å². The first-order valence-corrected chi connectivity index (χ1v) is 6.23. The van der Waals surface area contributed by atoms with Crippen molar-refractivity contribution < 1.29 is 4.74 Å². The van der Waals surface area contributed by atoms with E-state index in [4.69, 9.17) is 4.74 Å². The summed E-state index contributed by atoms with van der Waals surface area (Å²) in [5.74, 6) is 1.12. The minimum absolute atomic E-state index is 0.712. The molecule has 1 heterocycles. The van der Waals surface area contributed by atoms with E-state index in [2.05, 4.69) is 30.3 Å². The maximum absolute atomic E-state index is 5.45. The van der Waals surface area contributed by atoms with Crippen LogP contribution in [0.1, 0.15) is 18.4 Å². The molecule has 2 heteroatoms. The summed E-state index contributed by atoms with van der Waals surface area (Å²) in [4.78, 5) is 0. The molecule has 1 aliphatic heterocycles. The van der Waals surface area contributed by atoms with Gasteiger partial charge in [0.15, 0.2) is 0 Å². The van der Waals surface area contributed by atoms with Crippen LogP contribution >= 0.6 is 11.8 Å². The molecule has 1 nitrogen and oxygen atoms in total. The lowest BCUT2D eigenvalue weighted by Gasteiger charge is -2.21. The maximum atomic E-state index is 5.45. The molecule has 0 spiro atoms. The van der Waals surface area contributed by atoms with Crippen LogP contribution in [-0.4, -0.2) is 18.5 Å². The molecule has 0 aromatic heterocycles. The Morgan fingerprint density at radius 1 is 1.29 bits per heavy atom. The third kappa shape index (κ3) is 3.03. The van der Waals surface area contributed by atoms with Gasteiger partial charge >= 0.3 is 0 Å². The molecule has 1 saturated heterocycles. The van der Waals surface area contributed by atoms with E-state index in [0.29, 0.717) is 5.25 Å². The Hall–Kier alpha value is -0.470. The third-order valence-electron chi connectivity index (χ3n) is 2.45. The summed E-state index contributed by atoms with van der Waals surface area (Å²) in [5.41, 5.74) is 1.42.